The van der Waals surface area contributed by atoms with Gasteiger partial charge < -0.3 is 25.1 Å². The van der Waals surface area contributed by atoms with E-state index in [4.69, 9.17) is 21.1 Å². The summed E-state index contributed by atoms with van der Waals surface area (Å²) < 4.78 is 11.9. The first-order valence-electron chi connectivity index (χ1n) is 14.7. The molecule has 4 heterocycles. The topological polar surface area (TPSA) is 161 Å². The van der Waals surface area contributed by atoms with Crippen LogP contribution in [0.1, 0.15) is 50.0 Å². The van der Waals surface area contributed by atoms with Crippen molar-refractivity contribution in [1.82, 2.24) is 35.5 Å². The summed E-state index contributed by atoms with van der Waals surface area (Å²) in [5.74, 6) is 0.383. The number of ether oxygens (including phenoxy) is 2. The predicted molar refractivity (Wildman–Crippen MR) is 169 cm³/mol. The molecule has 6 rings (SSSR count). The maximum absolute atomic E-state index is 13.2. The van der Waals surface area contributed by atoms with Crippen LogP contribution in [0.3, 0.4) is 0 Å². The summed E-state index contributed by atoms with van der Waals surface area (Å²) in [6, 6.07) is 10.7. The lowest BCUT2D eigenvalue weighted by molar-refractivity contribution is -0.117. The first-order chi connectivity index (χ1) is 21.8. The zero-order valence-corrected chi connectivity index (χ0v) is 25.7. The maximum atomic E-state index is 13.2. The van der Waals surface area contributed by atoms with Crippen molar-refractivity contribution in [3.05, 3.63) is 71.4 Å². The highest BCUT2D eigenvalue weighted by molar-refractivity contribution is 6.30. The van der Waals surface area contributed by atoms with E-state index in [-0.39, 0.29) is 23.4 Å². The molecule has 0 spiro atoms. The number of aromatic amines is 1. The molecule has 2 bridgehead atoms. The predicted octanol–water partition coefficient (Wildman–Crippen LogP) is 5.15. The number of halogens is 1. The molecule has 2 aliphatic heterocycles. The van der Waals surface area contributed by atoms with Crippen molar-refractivity contribution in [2.45, 2.75) is 44.7 Å². The van der Waals surface area contributed by atoms with Gasteiger partial charge in [0, 0.05) is 45.1 Å². The number of methoxy groups -OCH3 is 1. The van der Waals surface area contributed by atoms with Crippen molar-refractivity contribution in [2.75, 3.05) is 31.0 Å². The number of H-pyrrole nitrogens is 1. The monoisotopic (exact) mass is 631 g/mol. The quantitative estimate of drug-likeness (QED) is 0.211. The second kappa shape index (κ2) is 13.1. The van der Waals surface area contributed by atoms with Gasteiger partial charge in [-0.2, -0.15) is 4.68 Å². The fourth-order valence-electron chi connectivity index (χ4n) is 5.70. The molecule has 45 heavy (non-hydrogen) atoms. The van der Waals surface area contributed by atoms with Gasteiger partial charge in [0.1, 0.15) is 12.2 Å². The van der Waals surface area contributed by atoms with Gasteiger partial charge in [-0.1, -0.05) is 31.4 Å². The van der Waals surface area contributed by atoms with E-state index in [1.807, 2.05) is 18.2 Å². The molecule has 1 saturated heterocycles. The van der Waals surface area contributed by atoms with Gasteiger partial charge in [-0.05, 0) is 65.7 Å². The van der Waals surface area contributed by atoms with Gasteiger partial charge in [0.15, 0.2) is 0 Å². The Bertz CT molecular complexity index is 1700. The highest BCUT2D eigenvalue weighted by Gasteiger charge is 2.41. The Balaban J connectivity index is 1.27. The van der Waals surface area contributed by atoms with Crippen molar-refractivity contribution in [1.29, 1.82) is 0 Å². The van der Waals surface area contributed by atoms with Gasteiger partial charge >= 0.3 is 6.09 Å². The Labute approximate surface area is 264 Å². The Morgan fingerprint density at radius 2 is 2.02 bits per heavy atom. The molecule has 1 fully saturated rings. The molecule has 0 radical (unpaired) electrons. The zero-order chi connectivity index (χ0) is 31.4. The molecular formula is C31H34ClN9O4. The second-order valence-electron chi connectivity index (χ2n) is 11.5. The molecule has 1 unspecified atom stereocenters. The number of aromatic nitrogens is 6. The number of hydrogen-bond donors (Lipinski definition) is 4. The molecule has 13 nitrogen and oxygen atoms in total. The Morgan fingerprint density at radius 1 is 1.18 bits per heavy atom. The summed E-state index contributed by atoms with van der Waals surface area (Å²) >= 11 is 6.24. The lowest BCUT2D eigenvalue weighted by Crippen LogP contribution is -2.52. The van der Waals surface area contributed by atoms with E-state index in [0.717, 1.165) is 36.2 Å². The van der Waals surface area contributed by atoms with Crippen LogP contribution < -0.4 is 16.0 Å². The molecule has 234 valence electrons. The van der Waals surface area contributed by atoms with Crippen LogP contribution in [0.25, 0.3) is 23.0 Å². The van der Waals surface area contributed by atoms with E-state index in [1.165, 1.54) is 24.2 Å². The summed E-state index contributed by atoms with van der Waals surface area (Å²) in [6.07, 6.45) is 9.27. The molecule has 2 aliphatic rings. The van der Waals surface area contributed by atoms with Gasteiger partial charge in [0.05, 0.1) is 43.9 Å². The number of tetrazole rings is 1. The molecule has 2 amide bonds. The summed E-state index contributed by atoms with van der Waals surface area (Å²) in [7, 11) is 1.33. The number of benzene rings is 2. The van der Waals surface area contributed by atoms with Gasteiger partial charge in [-0.3, -0.25) is 10.1 Å². The third-order valence-electron chi connectivity index (χ3n) is 8.25. The van der Waals surface area contributed by atoms with Crippen LogP contribution in [0.2, 0.25) is 5.02 Å². The number of rotatable bonds is 6. The number of anilines is 2. The Hall–Kier alpha value is -4.75. The fourth-order valence-corrected chi connectivity index (χ4v) is 5.88. The Morgan fingerprint density at radius 3 is 2.78 bits per heavy atom. The number of carbonyl (C=O) groups excluding carboxylic acids is 2. The third-order valence-corrected chi connectivity index (χ3v) is 8.49. The lowest BCUT2D eigenvalue weighted by atomic mass is 9.77. The van der Waals surface area contributed by atoms with Crippen LogP contribution in [0, 0.1) is 5.41 Å². The van der Waals surface area contributed by atoms with Crippen LogP contribution in [0.15, 0.2) is 55.0 Å². The first-order valence-corrected chi connectivity index (χ1v) is 15.1. The molecule has 4 aromatic rings. The third kappa shape index (κ3) is 6.84. The van der Waals surface area contributed by atoms with Gasteiger partial charge in [-0.15, -0.1) is 5.10 Å². The van der Waals surface area contributed by atoms with Crippen LogP contribution in [0.4, 0.5) is 16.2 Å². The van der Waals surface area contributed by atoms with Crippen LogP contribution in [0.5, 0.6) is 0 Å². The number of amides is 2. The summed E-state index contributed by atoms with van der Waals surface area (Å²) in [6.45, 7) is 3.56. The smallest absolute Gasteiger partial charge is 0.411 e. The first kappa shape index (κ1) is 30.3. The van der Waals surface area contributed by atoms with Crippen molar-refractivity contribution in [2.24, 2.45) is 5.41 Å². The Kier molecular flexibility index (Phi) is 8.80. The second-order valence-corrected chi connectivity index (χ2v) is 12.0. The minimum Gasteiger partial charge on any atom is -0.453 e. The van der Waals surface area contributed by atoms with E-state index >= 15 is 0 Å². The largest absolute Gasteiger partial charge is 0.453 e. The SMILES string of the molecule is COC(=O)Nc1ccc2c(c1)NC(C1(C)COC1)CCCC[C@H](NC(=O)/C=C/c1cc(Cl)ccc1-n1cnnn1)c1ncc-2[nH]1. The van der Waals surface area contributed by atoms with E-state index in [9.17, 15) is 9.59 Å². The number of hydrogen-bond acceptors (Lipinski definition) is 9. The van der Waals surface area contributed by atoms with Gasteiger partial charge in [0.2, 0.25) is 5.91 Å². The normalized spacial score (nSPS) is 19.3. The van der Waals surface area contributed by atoms with E-state index < -0.39 is 6.09 Å². The molecular weight excluding hydrogens is 598 g/mol. The van der Waals surface area contributed by atoms with Crippen LogP contribution >= 0.6 is 11.6 Å². The molecule has 0 saturated carbocycles. The number of imidazole rings is 1. The number of nitrogens with zero attached hydrogens (tertiary/aromatic N) is 5. The van der Waals surface area contributed by atoms with Crippen molar-refractivity contribution in [3.8, 4) is 16.9 Å². The minimum atomic E-state index is -0.544. The summed E-state index contributed by atoms with van der Waals surface area (Å²) in [5, 5.41) is 21.5. The average molecular weight is 632 g/mol. The standard InChI is InChI=1S/C31H34ClN9O4/c1-31(16-45-17-31)27-6-4-3-5-23(37-28(42)12-7-19-13-20(32)8-11-26(19)41-18-34-39-40-41)29-33-15-25(38-29)22-10-9-21(14-24(22)36-27)35-30(43)44-2/h7-15,18,23,27,36H,3-6,16-17H2,1-2H3,(H,33,38)(H,35,43)(H,37,42)/b12-7+/t23-,27?/m0/s1. The highest BCUT2D eigenvalue weighted by Crippen LogP contribution is 2.39. The maximum Gasteiger partial charge on any atom is 0.411 e. The number of carbonyl (C=O) groups is 2. The van der Waals surface area contributed by atoms with Crippen molar-refractivity contribution < 1.29 is 19.1 Å². The summed E-state index contributed by atoms with van der Waals surface area (Å²) in [4.78, 5) is 33.3. The zero-order valence-electron chi connectivity index (χ0n) is 24.9. The van der Waals surface area contributed by atoms with Crippen molar-refractivity contribution in [3.63, 3.8) is 0 Å². The fraction of sp³-hybridized carbons (Fsp3) is 0.355. The van der Waals surface area contributed by atoms with Gasteiger partial charge in [-0.25, -0.2) is 9.78 Å². The highest BCUT2D eigenvalue weighted by atomic mass is 35.5. The molecule has 0 aliphatic carbocycles. The molecule has 2 aromatic carbocycles. The summed E-state index contributed by atoms with van der Waals surface area (Å²) in [5.41, 5.74) is 4.47. The van der Waals surface area contributed by atoms with Crippen molar-refractivity contribution >= 4 is 41.1 Å². The molecule has 4 N–H and O–H groups in total. The lowest BCUT2D eigenvalue weighted by Gasteiger charge is -2.45. The number of fused-ring (bicyclic) bond motifs is 4. The van der Waals surface area contributed by atoms with E-state index in [1.54, 1.807) is 30.5 Å². The minimum absolute atomic E-state index is 0.0355. The average Bonchev–Trinajstić information content (AvgIpc) is 3.73. The van der Waals surface area contributed by atoms with Crippen LogP contribution in [-0.4, -0.2) is 68.5 Å². The molecule has 2 aromatic heterocycles. The van der Waals surface area contributed by atoms with Crippen LogP contribution in [-0.2, 0) is 14.3 Å². The van der Waals surface area contributed by atoms with E-state index in [2.05, 4.69) is 48.4 Å². The van der Waals surface area contributed by atoms with Gasteiger partial charge in [0.25, 0.3) is 0 Å². The number of nitrogens with one attached hydrogen (secondary N) is 4. The van der Waals surface area contributed by atoms with E-state index in [0.29, 0.717) is 47.4 Å². The molecule has 14 heteroatoms. The molecule has 2 atom stereocenters.